The zero-order valence-corrected chi connectivity index (χ0v) is 13.2. The van der Waals surface area contributed by atoms with Crippen LogP contribution in [-0.2, 0) is 4.79 Å². The SMILES string of the molecule is CC(C)CC1CCCC(N2CCCC(CC(=O)O)C2)C1. The molecule has 0 spiro atoms. The van der Waals surface area contributed by atoms with Gasteiger partial charge in [0, 0.05) is 19.0 Å². The van der Waals surface area contributed by atoms with Gasteiger partial charge >= 0.3 is 5.97 Å². The third-order valence-corrected chi connectivity index (χ3v) is 5.09. The molecule has 116 valence electrons. The summed E-state index contributed by atoms with van der Waals surface area (Å²) in [5.41, 5.74) is 0. The number of hydrogen-bond acceptors (Lipinski definition) is 2. The Bertz CT molecular complexity index is 316. The molecular weight excluding hydrogens is 250 g/mol. The van der Waals surface area contributed by atoms with Crippen molar-refractivity contribution in [1.29, 1.82) is 0 Å². The van der Waals surface area contributed by atoms with Crippen LogP contribution in [0.25, 0.3) is 0 Å². The van der Waals surface area contributed by atoms with Crippen LogP contribution < -0.4 is 0 Å². The highest BCUT2D eigenvalue weighted by Crippen LogP contribution is 2.34. The van der Waals surface area contributed by atoms with Crippen LogP contribution >= 0.6 is 0 Å². The van der Waals surface area contributed by atoms with Crippen molar-refractivity contribution in [2.45, 2.75) is 71.3 Å². The number of carboxylic acid groups (broad SMARTS) is 1. The Morgan fingerprint density at radius 3 is 2.65 bits per heavy atom. The van der Waals surface area contributed by atoms with E-state index in [4.69, 9.17) is 5.11 Å². The van der Waals surface area contributed by atoms with Gasteiger partial charge in [0.1, 0.15) is 0 Å². The van der Waals surface area contributed by atoms with Gasteiger partial charge in [0.15, 0.2) is 0 Å². The Labute approximate surface area is 123 Å². The molecule has 0 aromatic carbocycles. The second-order valence-corrected chi connectivity index (χ2v) is 7.42. The van der Waals surface area contributed by atoms with Gasteiger partial charge < -0.3 is 10.0 Å². The molecule has 1 saturated carbocycles. The zero-order chi connectivity index (χ0) is 14.5. The largest absolute Gasteiger partial charge is 0.481 e. The van der Waals surface area contributed by atoms with E-state index < -0.39 is 5.97 Å². The Morgan fingerprint density at radius 1 is 1.20 bits per heavy atom. The average Bonchev–Trinajstić information content (AvgIpc) is 2.38. The first-order valence-electron chi connectivity index (χ1n) is 8.50. The summed E-state index contributed by atoms with van der Waals surface area (Å²) in [6, 6.07) is 0.726. The van der Waals surface area contributed by atoms with Gasteiger partial charge in [0.2, 0.25) is 0 Å². The second-order valence-electron chi connectivity index (χ2n) is 7.42. The molecule has 3 unspecified atom stereocenters. The zero-order valence-electron chi connectivity index (χ0n) is 13.2. The summed E-state index contributed by atoms with van der Waals surface area (Å²) in [6.45, 7) is 6.86. The highest BCUT2D eigenvalue weighted by atomic mass is 16.4. The van der Waals surface area contributed by atoms with Crippen molar-refractivity contribution in [3.05, 3.63) is 0 Å². The molecule has 1 N–H and O–H groups in total. The van der Waals surface area contributed by atoms with E-state index in [0.29, 0.717) is 12.3 Å². The van der Waals surface area contributed by atoms with E-state index in [-0.39, 0.29) is 0 Å². The van der Waals surface area contributed by atoms with Crippen LogP contribution in [0.2, 0.25) is 0 Å². The summed E-state index contributed by atoms with van der Waals surface area (Å²) in [7, 11) is 0. The van der Waals surface area contributed by atoms with Crippen molar-refractivity contribution in [2.75, 3.05) is 13.1 Å². The van der Waals surface area contributed by atoms with Crippen LogP contribution in [0.1, 0.15) is 65.2 Å². The topological polar surface area (TPSA) is 40.5 Å². The van der Waals surface area contributed by atoms with Gasteiger partial charge in [0.25, 0.3) is 0 Å². The van der Waals surface area contributed by atoms with Gasteiger partial charge in [0.05, 0.1) is 0 Å². The molecular formula is C17H31NO2. The molecule has 3 heteroatoms. The van der Waals surface area contributed by atoms with Gasteiger partial charge in [-0.3, -0.25) is 4.79 Å². The normalized spacial score (nSPS) is 32.5. The molecule has 20 heavy (non-hydrogen) atoms. The highest BCUT2D eigenvalue weighted by molar-refractivity contribution is 5.67. The van der Waals surface area contributed by atoms with Crippen molar-refractivity contribution in [3.8, 4) is 0 Å². The number of likely N-dealkylation sites (tertiary alicyclic amines) is 1. The van der Waals surface area contributed by atoms with Gasteiger partial charge in [-0.1, -0.05) is 26.7 Å². The van der Waals surface area contributed by atoms with E-state index in [9.17, 15) is 4.79 Å². The smallest absolute Gasteiger partial charge is 0.303 e. The summed E-state index contributed by atoms with van der Waals surface area (Å²) < 4.78 is 0. The Morgan fingerprint density at radius 2 is 1.95 bits per heavy atom. The number of piperidine rings is 1. The van der Waals surface area contributed by atoms with Crippen LogP contribution in [0.4, 0.5) is 0 Å². The first-order valence-corrected chi connectivity index (χ1v) is 8.50. The molecule has 0 radical (unpaired) electrons. The summed E-state index contributed by atoms with van der Waals surface area (Å²) >= 11 is 0. The van der Waals surface area contributed by atoms with Gasteiger partial charge in [-0.15, -0.1) is 0 Å². The van der Waals surface area contributed by atoms with E-state index in [2.05, 4.69) is 18.7 Å². The standard InChI is InChI=1S/C17H31NO2/c1-13(2)9-14-5-3-7-16(10-14)18-8-4-6-15(12-18)11-17(19)20/h13-16H,3-12H2,1-2H3,(H,19,20). The molecule has 2 fully saturated rings. The number of hydrogen-bond donors (Lipinski definition) is 1. The maximum atomic E-state index is 10.9. The van der Waals surface area contributed by atoms with Gasteiger partial charge in [-0.25, -0.2) is 0 Å². The first-order chi connectivity index (χ1) is 9.54. The molecule has 1 aliphatic carbocycles. The van der Waals surface area contributed by atoms with E-state index in [1.54, 1.807) is 0 Å². The molecule has 3 nitrogen and oxygen atoms in total. The number of carboxylic acids is 1. The van der Waals surface area contributed by atoms with Crippen molar-refractivity contribution in [1.82, 2.24) is 4.90 Å². The molecule has 0 aromatic heterocycles. The number of aliphatic carboxylic acids is 1. The molecule has 0 aromatic rings. The number of rotatable bonds is 5. The quantitative estimate of drug-likeness (QED) is 0.833. The Hall–Kier alpha value is -0.570. The minimum Gasteiger partial charge on any atom is -0.481 e. The average molecular weight is 281 g/mol. The third kappa shape index (κ3) is 4.76. The van der Waals surface area contributed by atoms with Crippen LogP contribution in [-0.4, -0.2) is 35.1 Å². The fourth-order valence-electron chi connectivity index (χ4n) is 4.32. The predicted octanol–water partition coefficient (Wildman–Crippen LogP) is 3.78. The lowest BCUT2D eigenvalue weighted by atomic mass is 9.79. The number of carbonyl (C=O) groups is 1. The van der Waals surface area contributed by atoms with Crippen molar-refractivity contribution < 1.29 is 9.90 Å². The molecule has 3 atom stereocenters. The lowest BCUT2D eigenvalue weighted by Gasteiger charge is -2.42. The Balaban J connectivity index is 1.84. The molecule has 0 amide bonds. The van der Waals surface area contributed by atoms with E-state index in [1.165, 1.54) is 45.1 Å². The lowest BCUT2D eigenvalue weighted by molar-refractivity contribution is -0.138. The molecule has 2 rings (SSSR count). The Kier molecular flexibility index (Phi) is 5.88. The highest BCUT2D eigenvalue weighted by Gasteiger charge is 2.30. The van der Waals surface area contributed by atoms with E-state index >= 15 is 0 Å². The fraction of sp³-hybridized carbons (Fsp3) is 0.941. The van der Waals surface area contributed by atoms with Crippen molar-refractivity contribution in [3.63, 3.8) is 0 Å². The van der Waals surface area contributed by atoms with Crippen LogP contribution in [0, 0.1) is 17.8 Å². The van der Waals surface area contributed by atoms with Crippen LogP contribution in [0.15, 0.2) is 0 Å². The lowest BCUT2D eigenvalue weighted by Crippen LogP contribution is -2.45. The van der Waals surface area contributed by atoms with E-state index in [1.807, 2.05) is 0 Å². The van der Waals surface area contributed by atoms with Crippen molar-refractivity contribution >= 4 is 5.97 Å². The molecule has 1 aliphatic heterocycles. The minimum absolute atomic E-state index is 0.360. The maximum Gasteiger partial charge on any atom is 0.303 e. The van der Waals surface area contributed by atoms with Crippen molar-refractivity contribution in [2.24, 2.45) is 17.8 Å². The predicted molar refractivity (Wildman–Crippen MR) is 81.8 cm³/mol. The second kappa shape index (κ2) is 7.44. The molecule has 1 heterocycles. The van der Waals surface area contributed by atoms with Crippen LogP contribution in [0.5, 0.6) is 0 Å². The molecule has 0 bridgehead atoms. The summed E-state index contributed by atoms with van der Waals surface area (Å²) in [5, 5.41) is 8.98. The molecule has 2 aliphatic rings. The third-order valence-electron chi connectivity index (χ3n) is 5.09. The summed E-state index contributed by atoms with van der Waals surface area (Å²) in [4.78, 5) is 13.5. The summed E-state index contributed by atoms with van der Waals surface area (Å²) in [6.07, 6.45) is 9.45. The number of nitrogens with zero attached hydrogens (tertiary/aromatic N) is 1. The first kappa shape index (κ1) is 15.8. The summed E-state index contributed by atoms with van der Waals surface area (Å²) in [5.74, 6) is 1.46. The maximum absolute atomic E-state index is 10.9. The minimum atomic E-state index is -0.627. The van der Waals surface area contributed by atoms with Crippen LogP contribution in [0.3, 0.4) is 0 Å². The monoisotopic (exact) mass is 281 g/mol. The molecule has 1 saturated heterocycles. The van der Waals surface area contributed by atoms with Gasteiger partial charge in [-0.2, -0.15) is 0 Å². The van der Waals surface area contributed by atoms with E-state index in [0.717, 1.165) is 30.8 Å². The van der Waals surface area contributed by atoms with Gasteiger partial charge in [-0.05, 0) is 56.4 Å². The fourth-order valence-corrected chi connectivity index (χ4v) is 4.32.